The van der Waals surface area contributed by atoms with Crippen LogP contribution in [0.15, 0.2) is 77.3 Å². The zero-order chi connectivity index (χ0) is 29.1. The van der Waals surface area contributed by atoms with Gasteiger partial charge < -0.3 is 19.7 Å². The van der Waals surface area contributed by atoms with Crippen molar-refractivity contribution in [3.8, 4) is 11.5 Å². The molecule has 0 spiro atoms. The third-order valence-electron chi connectivity index (χ3n) is 6.27. The molecule has 0 heterocycles. The Balaban J connectivity index is 1.91. The van der Waals surface area contributed by atoms with Gasteiger partial charge in [-0.1, -0.05) is 64.5 Å². The van der Waals surface area contributed by atoms with Gasteiger partial charge >= 0.3 is 0 Å². The van der Waals surface area contributed by atoms with Gasteiger partial charge in [0, 0.05) is 29.4 Å². The summed E-state index contributed by atoms with van der Waals surface area (Å²) in [6.45, 7) is 11.1. The molecule has 0 radical (unpaired) electrons. The van der Waals surface area contributed by atoms with Crippen molar-refractivity contribution in [2.75, 3.05) is 13.2 Å². The zero-order valence-electron chi connectivity index (χ0n) is 24.2. The van der Waals surface area contributed by atoms with E-state index >= 15 is 0 Å². The Hall–Kier alpha value is -3.32. The predicted octanol–water partition coefficient (Wildman–Crippen LogP) is 6.73. The van der Waals surface area contributed by atoms with Crippen LogP contribution in [0.25, 0.3) is 0 Å². The first-order chi connectivity index (χ1) is 19.1. The second-order valence-electron chi connectivity index (χ2n) is 10.7. The fraction of sp³-hybridized carbons (Fsp3) is 0.394. The van der Waals surface area contributed by atoms with Crippen molar-refractivity contribution in [3.63, 3.8) is 0 Å². The van der Waals surface area contributed by atoms with Gasteiger partial charge in [0.05, 0.1) is 13.2 Å². The molecular weight excluding hydrogens is 568 g/mol. The highest BCUT2D eigenvalue weighted by atomic mass is 79.9. The number of amides is 2. The van der Waals surface area contributed by atoms with Crippen molar-refractivity contribution in [1.29, 1.82) is 0 Å². The smallest absolute Gasteiger partial charge is 0.243 e. The van der Waals surface area contributed by atoms with E-state index in [0.29, 0.717) is 44.1 Å². The molecule has 40 heavy (non-hydrogen) atoms. The normalized spacial score (nSPS) is 11.9. The van der Waals surface area contributed by atoms with E-state index in [-0.39, 0.29) is 18.2 Å². The van der Waals surface area contributed by atoms with Crippen LogP contribution < -0.4 is 14.8 Å². The lowest BCUT2D eigenvalue weighted by Gasteiger charge is -2.34. The molecule has 2 amide bonds. The Kier molecular flexibility index (Phi) is 11.6. The predicted molar refractivity (Wildman–Crippen MR) is 164 cm³/mol. The second-order valence-corrected chi connectivity index (χ2v) is 11.7. The Labute approximate surface area is 247 Å². The van der Waals surface area contributed by atoms with Crippen molar-refractivity contribution in [2.24, 2.45) is 0 Å². The van der Waals surface area contributed by atoms with Gasteiger partial charge in [-0.3, -0.25) is 9.59 Å². The van der Waals surface area contributed by atoms with Crippen LogP contribution in [-0.2, 0) is 29.0 Å². The quantitative estimate of drug-likeness (QED) is 0.233. The number of nitrogens with zero attached hydrogens (tertiary/aromatic N) is 1. The SMILES string of the molecule is CCOc1ccc(CCC(=O)N(Cc2ccc(Br)cc2)[C@H](Cc2ccccc2)C(=O)NC(C)(C)C)cc1OCC. The second kappa shape index (κ2) is 14.9. The first-order valence-corrected chi connectivity index (χ1v) is 14.7. The van der Waals surface area contributed by atoms with E-state index in [4.69, 9.17) is 9.47 Å². The summed E-state index contributed by atoms with van der Waals surface area (Å²) >= 11 is 3.49. The third-order valence-corrected chi connectivity index (χ3v) is 6.80. The summed E-state index contributed by atoms with van der Waals surface area (Å²) in [4.78, 5) is 29.4. The Morgan fingerprint density at radius 1 is 0.850 bits per heavy atom. The van der Waals surface area contributed by atoms with E-state index in [2.05, 4.69) is 21.2 Å². The van der Waals surface area contributed by atoms with E-state index in [9.17, 15) is 9.59 Å². The summed E-state index contributed by atoms with van der Waals surface area (Å²) in [7, 11) is 0. The van der Waals surface area contributed by atoms with Gasteiger partial charge in [-0.25, -0.2) is 0 Å². The highest BCUT2D eigenvalue weighted by Crippen LogP contribution is 2.29. The molecule has 3 aromatic carbocycles. The number of benzene rings is 3. The summed E-state index contributed by atoms with van der Waals surface area (Å²) in [5, 5.41) is 3.11. The van der Waals surface area contributed by atoms with Gasteiger partial charge in [-0.2, -0.15) is 0 Å². The molecule has 0 unspecified atom stereocenters. The molecule has 0 fully saturated rings. The molecule has 3 aromatic rings. The standard InChI is InChI=1S/C33H41BrN2O4/c1-6-39-29-19-15-25(22-30(29)40-7-2)16-20-31(37)36(23-26-13-17-27(34)18-14-26)28(32(38)35-33(3,4)5)21-24-11-9-8-10-12-24/h8-15,17-19,22,28H,6-7,16,20-21,23H2,1-5H3,(H,35,38)/t28-/m1/s1. The largest absolute Gasteiger partial charge is 0.490 e. The molecule has 0 saturated carbocycles. The van der Waals surface area contributed by atoms with Crippen LogP contribution in [0, 0.1) is 0 Å². The van der Waals surface area contributed by atoms with Crippen LogP contribution in [0.4, 0.5) is 0 Å². The minimum atomic E-state index is -0.669. The number of carbonyl (C=O) groups excluding carboxylic acids is 2. The number of halogens is 1. The fourth-order valence-electron chi connectivity index (χ4n) is 4.44. The summed E-state index contributed by atoms with van der Waals surface area (Å²) in [6.07, 6.45) is 1.19. The average molecular weight is 610 g/mol. The van der Waals surface area contributed by atoms with Crippen molar-refractivity contribution in [3.05, 3.63) is 94.0 Å². The van der Waals surface area contributed by atoms with Crippen molar-refractivity contribution in [1.82, 2.24) is 10.2 Å². The number of carbonyl (C=O) groups is 2. The molecule has 0 aliphatic carbocycles. The van der Waals surface area contributed by atoms with Crippen LogP contribution in [0.2, 0.25) is 0 Å². The molecule has 0 aliphatic heterocycles. The summed E-state index contributed by atoms with van der Waals surface area (Å²) in [5.74, 6) is 1.12. The molecule has 214 valence electrons. The Bertz CT molecular complexity index is 1240. The van der Waals surface area contributed by atoms with Gasteiger partial charge in [-0.05, 0) is 82.0 Å². The monoisotopic (exact) mass is 608 g/mol. The highest BCUT2D eigenvalue weighted by Gasteiger charge is 2.32. The first kappa shape index (κ1) is 31.2. The molecule has 0 saturated heterocycles. The number of hydrogen-bond acceptors (Lipinski definition) is 4. The maximum absolute atomic E-state index is 14.0. The molecule has 0 aliphatic rings. The van der Waals surface area contributed by atoms with E-state index < -0.39 is 11.6 Å². The van der Waals surface area contributed by atoms with Crippen LogP contribution in [-0.4, -0.2) is 41.5 Å². The lowest BCUT2D eigenvalue weighted by Crippen LogP contribution is -2.54. The van der Waals surface area contributed by atoms with Gasteiger partial charge in [-0.15, -0.1) is 0 Å². The van der Waals surface area contributed by atoms with Crippen molar-refractivity contribution in [2.45, 2.75) is 72.0 Å². The van der Waals surface area contributed by atoms with Crippen molar-refractivity contribution >= 4 is 27.7 Å². The first-order valence-electron chi connectivity index (χ1n) is 13.9. The summed E-state index contributed by atoms with van der Waals surface area (Å²) < 4.78 is 12.4. The minimum absolute atomic E-state index is 0.0836. The molecule has 0 bridgehead atoms. The Morgan fingerprint density at radius 2 is 1.48 bits per heavy atom. The maximum Gasteiger partial charge on any atom is 0.243 e. The lowest BCUT2D eigenvalue weighted by molar-refractivity contribution is -0.141. The summed E-state index contributed by atoms with van der Waals surface area (Å²) in [5.41, 5.74) is 2.49. The van der Waals surface area contributed by atoms with E-state index in [0.717, 1.165) is 21.2 Å². The fourth-order valence-corrected chi connectivity index (χ4v) is 4.70. The zero-order valence-corrected chi connectivity index (χ0v) is 25.8. The topological polar surface area (TPSA) is 67.9 Å². The maximum atomic E-state index is 14.0. The molecular formula is C33H41BrN2O4. The van der Waals surface area contributed by atoms with Crippen LogP contribution in [0.3, 0.4) is 0 Å². The van der Waals surface area contributed by atoms with Gasteiger partial charge in [0.25, 0.3) is 0 Å². The van der Waals surface area contributed by atoms with E-state index in [1.807, 2.05) is 107 Å². The van der Waals surface area contributed by atoms with Crippen LogP contribution in [0.1, 0.15) is 57.7 Å². The molecule has 1 N–H and O–H groups in total. The average Bonchev–Trinajstić information content (AvgIpc) is 2.91. The number of hydrogen-bond donors (Lipinski definition) is 1. The van der Waals surface area contributed by atoms with Gasteiger partial charge in [0.2, 0.25) is 11.8 Å². The molecule has 0 aromatic heterocycles. The molecule has 7 heteroatoms. The Morgan fingerprint density at radius 3 is 2.10 bits per heavy atom. The van der Waals surface area contributed by atoms with E-state index in [1.54, 1.807) is 4.90 Å². The van der Waals surface area contributed by atoms with Gasteiger partial charge in [0.15, 0.2) is 11.5 Å². The highest BCUT2D eigenvalue weighted by molar-refractivity contribution is 9.10. The number of nitrogens with one attached hydrogen (secondary N) is 1. The number of rotatable bonds is 13. The third kappa shape index (κ3) is 9.70. The number of aryl methyl sites for hydroxylation is 1. The van der Waals surface area contributed by atoms with E-state index in [1.165, 1.54) is 0 Å². The molecule has 6 nitrogen and oxygen atoms in total. The lowest BCUT2D eigenvalue weighted by atomic mass is 9.99. The molecule has 1 atom stereocenters. The van der Waals surface area contributed by atoms with Crippen molar-refractivity contribution < 1.29 is 19.1 Å². The van der Waals surface area contributed by atoms with Crippen LogP contribution in [0.5, 0.6) is 11.5 Å². The summed E-state index contributed by atoms with van der Waals surface area (Å²) in [6, 6.07) is 22.8. The van der Waals surface area contributed by atoms with Crippen LogP contribution >= 0.6 is 15.9 Å². The van der Waals surface area contributed by atoms with Gasteiger partial charge in [0.1, 0.15) is 6.04 Å². The number of ether oxygens (including phenoxy) is 2. The molecule has 3 rings (SSSR count). The minimum Gasteiger partial charge on any atom is -0.490 e.